The maximum absolute atomic E-state index is 15.4. The van der Waals surface area contributed by atoms with Gasteiger partial charge < -0.3 is 29.3 Å². The first-order valence-electron chi connectivity index (χ1n) is 21.4. The number of fused-ring (bicyclic) bond motifs is 3. The highest BCUT2D eigenvalue weighted by Crippen LogP contribution is 2.51. The predicted molar refractivity (Wildman–Crippen MR) is 225 cm³/mol. The number of benzene rings is 2. The van der Waals surface area contributed by atoms with Crippen molar-refractivity contribution in [2.24, 2.45) is 11.3 Å². The number of pyridine rings is 2. The molecule has 10 rings (SSSR count). The molecular weight excluding hydrogens is 800 g/mol. The van der Waals surface area contributed by atoms with Crippen LogP contribution in [-0.2, 0) is 14.3 Å². The fourth-order valence-electron chi connectivity index (χ4n) is 10.2. The molecule has 17 heteroatoms. The summed E-state index contributed by atoms with van der Waals surface area (Å²) in [6.45, 7) is 5.76. The van der Waals surface area contributed by atoms with Gasteiger partial charge in [-0.1, -0.05) is 0 Å². The first kappa shape index (κ1) is 39.8. The van der Waals surface area contributed by atoms with Crippen LogP contribution in [0.1, 0.15) is 72.1 Å². The van der Waals surface area contributed by atoms with Crippen LogP contribution in [0.4, 0.5) is 26.4 Å². The predicted octanol–water partition coefficient (Wildman–Crippen LogP) is 5.36. The number of piperidine rings is 3. The van der Waals surface area contributed by atoms with E-state index in [-0.39, 0.29) is 29.9 Å². The van der Waals surface area contributed by atoms with Crippen molar-refractivity contribution in [3.05, 3.63) is 65.7 Å². The molecule has 5 amide bonds. The number of carbonyl (C=O) groups excluding carboxylic acids is 5. The molecule has 322 valence electrons. The first-order valence-corrected chi connectivity index (χ1v) is 21.4. The Morgan fingerprint density at radius 1 is 0.919 bits per heavy atom. The molecule has 0 bridgehead atoms. The van der Waals surface area contributed by atoms with Gasteiger partial charge in [0.15, 0.2) is 5.75 Å². The van der Waals surface area contributed by atoms with Gasteiger partial charge in [0.2, 0.25) is 17.7 Å². The largest absolute Gasteiger partial charge is 0.494 e. The molecule has 62 heavy (non-hydrogen) atoms. The van der Waals surface area contributed by atoms with Crippen molar-refractivity contribution in [2.45, 2.75) is 63.5 Å². The highest BCUT2D eigenvalue weighted by molar-refractivity contribution is 6.23. The molecule has 1 atom stereocenters. The van der Waals surface area contributed by atoms with Crippen LogP contribution >= 0.6 is 0 Å². The molecule has 6 aliphatic rings. The number of hydrogen-bond acceptors (Lipinski definition) is 13. The van der Waals surface area contributed by atoms with E-state index < -0.39 is 41.6 Å². The second kappa shape index (κ2) is 15.8. The van der Waals surface area contributed by atoms with Crippen molar-refractivity contribution in [1.29, 1.82) is 0 Å². The third-order valence-corrected chi connectivity index (χ3v) is 13.6. The second-order valence-corrected chi connectivity index (χ2v) is 17.4. The molecule has 3 N–H and O–H groups in total. The second-order valence-electron chi connectivity index (χ2n) is 17.4. The number of rotatable bonds is 8. The summed E-state index contributed by atoms with van der Waals surface area (Å²) in [5, 5.41) is 9.48. The maximum atomic E-state index is 15.4. The lowest BCUT2D eigenvalue weighted by molar-refractivity contribution is -0.136. The molecular formula is C45H47FN8O8. The van der Waals surface area contributed by atoms with Crippen LogP contribution < -0.4 is 30.3 Å². The van der Waals surface area contributed by atoms with Gasteiger partial charge >= 0.3 is 6.09 Å². The SMILES string of the molecule is COc1c(-c2cc3cc(NC(=O)OC4CC5(CCN(CC6CCN(c7ccc8c(c7)C(=O)N(C7CCC(=O)NC7=O)C8=O)CC6)CC5)C4)ncc3cc2F)cnc2c1NCCO2. The Morgan fingerprint density at radius 2 is 1.71 bits per heavy atom. The first-order chi connectivity index (χ1) is 30.0. The van der Waals surface area contributed by atoms with Gasteiger partial charge in [-0.15, -0.1) is 0 Å². The molecule has 0 radical (unpaired) electrons. The fraction of sp³-hybridized carbons (Fsp3) is 0.444. The lowest BCUT2D eigenvalue weighted by Crippen LogP contribution is -2.54. The number of aromatic nitrogens is 2. The molecule has 16 nitrogen and oxygen atoms in total. The topological polar surface area (TPSA) is 185 Å². The third kappa shape index (κ3) is 7.31. The van der Waals surface area contributed by atoms with Gasteiger partial charge in [-0.3, -0.25) is 34.7 Å². The average molecular weight is 847 g/mol. The van der Waals surface area contributed by atoms with E-state index >= 15 is 4.39 Å². The zero-order valence-corrected chi connectivity index (χ0v) is 34.3. The number of nitrogens with zero attached hydrogens (tertiary/aromatic N) is 5. The smallest absolute Gasteiger partial charge is 0.413 e. The molecule has 1 unspecified atom stereocenters. The number of nitrogens with one attached hydrogen (secondary N) is 3. The van der Waals surface area contributed by atoms with Crippen molar-refractivity contribution in [3.8, 4) is 22.8 Å². The van der Waals surface area contributed by atoms with Crippen LogP contribution in [0.2, 0.25) is 0 Å². The summed E-state index contributed by atoms with van der Waals surface area (Å²) in [6.07, 6.45) is 8.34. The summed E-state index contributed by atoms with van der Waals surface area (Å²) in [7, 11) is 1.52. The molecule has 5 aliphatic heterocycles. The molecule has 1 aliphatic carbocycles. The fourth-order valence-corrected chi connectivity index (χ4v) is 10.2. The number of amides is 5. The quantitative estimate of drug-likeness (QED) is 0.193. The van der Waals surface area contributed by atoms with E-state index in [2.05, 4.69) is 35.7 Å². The van der Waals surface area contributed by atoms with Crippen LogP contribution in [0.3, 0.4) is 0 Å². The van der Waals surface area contributed by atoms with Crippen LogP contribution in [0, 0.1) is 17.2 Å². The molecule has 4 aromatic rings. The van der Waals surface area contributed by atoms with Crippen molar-refractivity contribution >= 4 is 57.7 Å². The van der Waals surface area contributed by atoms with Crippen LogP contribution in [0.25, 0.3) is 21.9 Å². The molecule has 1 saturated carbocycles. The van der Waals surface area contributed by atoms with Gasteiger partial charge in [0.05, 0.1) is 18.2 Å². The highest BCUT2D eigenvalue weighted by Gasteiger charge is 2.48. The van der Waals surface area contributed by atoms with Gasteiger partial charge in [0.25, 0.3) is 11.8 Å². The monoisotopic (exact) mass is 846 g/mol. The Morgan fingerprint density at radius 3 is 2.48 bits per heavy atom. The number of imide groups is 2. The standard InChI is InChI=1S/C45H47FN8O8/c1-60-39-33(23-49-41-38(39)47-10-15-61-41)31-16-26-18-36(48-22-27(26)17-34(31)46)50-44(59)62-29-20-45(21-29)8-13-52(14-9-45)24-25-6-11-53(12-7-25)28-2-3-30-32(19-28)43(58)54(42(30)57)35-4-5-37(55)51-40(35)56/h2-3,16-19,22-23,25,29,35,47H,4-15,20-21,24H2,1H3,(H,48,50,59)(H,51,55,56). The molecule has 4 fully saturated rings. The van der Waals surface area contributed by atoms with Crippen LogP contribution in [-0.4, -0.2) is 115 Å². The highest BCUT2D eigenvalue weighted by atomic mass is 19.1. The van der Waals surface area contributed by atoms with E-state index in [1.165, 1.54) is 25.6 Å². The normalized spacial score (nSPS) is 21.5. The number of likely N-dealkylation sites (tertiary alicyclic amines) is 1. The summed E-state index contributed by atoms with van der Waals surface area (Å²) in [4.78, 5) is 78.1. The number of ether oxygens (including phenoxy) is 3. The maximum Gasteiger partial charge on any atom is 0.413 e. The minimum absolute atomic E-state index is 0.0855. The van der Waals surface area contributed by atoms with E-state index in [0.29, 0.717) is 69.7 Å². The molecule has 2 aromatic heterocycles. The van der Waals surface area contributed by atoms with E-state index in [0.717, 1.165) is 81.8 Å². The molecule has 3 saturated heterocycles. The summed E-state index contributed by atoms with van der Waals surface area (Å²) < 4.78 is 32.5. The summed E-state index contributed by atoms with van der Waals surface area (Å²) in [5.74, 6) is -0.766. The number of anilines is 3. The number of carbonyl (C=O) groups is 5. The van der Waals surface area contributed by atoms with Crippen LogP contribution in [0.5, 0.6) is 11.6 Å². The Bertz CT molecular complexity index is 2510. The summed E-state index contributed by atoms with van der Waals surface area (Å²) in [5.41, 5.74) is 3.00. The van der Waals surface area contributed by atoms with Gasteiger partial charge in [-0.2, -0.15) is 0 Å². The average Bonchev–Trinajstić information content (AvgIpc) is 3.51. The zero-order chi connectivity index (χ0) is 42.7. The van der Waals surface area contributed by atoms with Crippen molar-refractivity contribution < 1.29 is 42.6 Å². The lowest BCUT2D eigenvalue weighted by atomic mass is 9.61. The summed E-state index contributed by atoms with van der Waals surface area (Å²) in [6, 6.07) is 9.13. The van der Waals surface area contributed by atoms with Gasteiger partial charge in [0.1, 0.15) is 36.1 Å². The Labute approximate surface area is 356 Å². The third-order valence-electron chi connectivity index (χ3n) is 13.6. The minimum Gasteiger partial charge on any atom is -0.494 e. The molecule has 7 heterocycles. The lowest BCUT2D eigenvalue weighted by Gasteiger charge is -2.51. The van der Waals surface area contributed by atoms with Crippen molar-refractivity contribution in [2.75, 3.05) is 68.5 Å². The molecule has 2 aromatic carbocycles. The molecule has 1 spiro atoms. The van der Waals surface area contributed by atoms with Gasteiger partial charge in [-0.05, 0) is 111 Å². The number of methoxy groups -OCH3 is 1. The van der Waals surface area contributed by atoms with Gasteiger partial charge in [0, 0.05) is 67.2 Å². The number of halogens is 1. The minimum atomic E-state index is -0.980. The zero-order valence-electron chi connectivity index (χ0n) is 34.3. The number of hydrogen-bond donors (Lipinski definition) is 3. The van der Waals surface area contributed by atoms with E-state index in [1.54, 1.807) is 24.3 Å². The van der Waals surface area contributed by atoms with Crippen molar-refractivity contribution in [3.63, 3.8) is 0 Å². The Kier molecular flexibility index (Phi) is 10.2. The van der Waals surface area contributed by atoms with Crippen molar-refractivity contribution in [1.82, 2.24) is 25.1 Å². The van der Waals surface area contributed by atoms with Gasteiger partial charge in [-0.25, -0.2) is 19.2 Å². The van der Waals surface area contributed by atoms with E-state index in [9.17, 15) is 24.0 Å². The Hall–Kier alpha value is -6.36. The van der Waals surface area contributed by atoms with Crippen LogP contribution in [0.15, 0.2) is 48.8 Å². The van der Waals surface area contributed by atoms with E-state index in [4.69, 9.17) is 14.2 Å². The van der Waals surface area contributed by atoms with E-state index in [1.807, 2.05) is 6.07 Å². The Balaban J connectivity index is 0.682. The summed E-state index contributed by atoms with van der Waals surface area (Å²) >= 11 is 0.